The SMILES string of the molecule is CC(C)CNC(=O)C(C)NS(=O)(=O)c1ccc(Cl)nc1. The van der Waals surface area contributed by atoms with Gasteiger partial charge in [0.15, 0.2) is 0 Å². The van der Waals surface area contributed by atoms with E-state index in [1.54, 1.807) is 0 Å². The summed E-state index contributed by atoms with van der Waals surface area (Å²) in [6, 6.07) is 1.84. The number of amides is 1. The van der Waals surface area contributed by atoms with E-state index >= 15 is 0 Å². The number of nitrogens with zero attached hydrogens (tertiary/aromatic N) is 1. The predicted octanol–water partition coefficient (Wildman–Crippen LogP) is 1.17. The van der Waals surface area contributed by atoms with Crippen LogP contribution in [0.25, 0.3) is 0 Å². The molecule has 0 aliphatic heterocycles. The van der Waals surface area contributed by atoms with E-state index in [0.29, 0.717) is 12.5 Å². The molecule has 2 N–H and O–H groups in total. The van der Waals surface area contributed by atoms with Gasteiger partial charge in [-0.1, -0.05) is 25.4 Å². The van der Waals surface area contributed by atoms with E-state index in [-0.39, 0.29) is 16.0 Å². The van der Waals surface area contributed by atoms with Gasteiger partial charge in [0.05, 0.1) is 6.04 Å². The quantitative estimate of drug-likeness (QED) is 0.770. The van der Waals surface area contributed by atoms with Crippen LogP contribution >= 0.6 is 11.6 Å². The van der Waals surface area contributed by atoms with E-state index < -0.39 is 16.1 Å². The normalized spacial score (nSPS) is 13.2. The van der Waals surface area contributed by atoms with E-state index in [1.165, 1.54) is 19.1 Å². The molecule has 1 rings (SSSR count). The molecule has 1 atom stereocenters. The maximum Gasteiger partial charge on any atom is 0.242 e. The molecule has 0 saturated carbocycles. The van der Waals surface area contributed by atoms with Crippen molar-refractivity contribution in [1.82, 2.24) is 15.0 Å². The van der Waals surface area contributed by atoms with Gasteiger partial charge in [-0.25, -0.2) is 13.4 Å². The topological polar surface area (TPSA) is 88.2 Å². The lowest BCUT2D eigenvalue weighted by Gasteiger charge is -2.15. The van der Waals surface area contributed by atoms with Crippen LogP contribution < -0.4 is 10.0 Å². The number of sulfonamides is 1. The minimum Gasteiger partial charge on any atom is -0.354 e. The molecule has 0 aromatic carbocycles. The molecule has 0 spiro atoms. The Morgan fingerprint density at radius 2 is 2.00 bits per heavy atom. The lowest BCUT2D eigenvalue weighted by atomic mass is 10.2. The van der Waals surface area contributed by atoms with Crippen molar-refractivity contribution < 1.29 is 13.2 Å². The van der Waals surface area contributed by atoms with Crippen molar-refractivity contribution in [3.8, 4) is 0 Å². The first kappa shape index (κ1) is 16.9. The predicted molar refractivity (Wildman–Crippen MR) is 76.9 cm³/mol. The Hall–Kier alpha value is -1.18. The molecule has 8 heteroatoms. The Kier molecular flexibility index (Phi) is 5.91. The maximum atomic E-state index is 12.0. The molecule has 1 aromatic heterocycles. The molecule has 0 bridgehead atoms. The molecule has 6 nitrogen and oxygen atoms in total. The van der Waals surface area contributed by atoms with Crippen molar-refractivity contribution in [2.24, 2.45) is 5.92 Å². The summed E-state index contributed by atoms with van der Waals surface area (Å²) < 4.78 is 26.3. The number of pyridine rings is 1. The smallest absolute Gasteiger partial charge is 0.242 e. The zero-order chi connectivity index (χ0) is 15.3. The largest absolute Gasteiger partial charge is 0.354 e. The molecule has 112 valence electrons. The fourth-order valence-corrected chi connectivity index (χ4v) is 2.59. The van der Waals surface area contributed by atoms with Crippen molar-refractivity contribution in [1.29, 1.82) is 0 Å². The zero-order valence-corrected chi connectivity index (χ0v) is 13.1. The van der Waals surface area contributed by atoms with Gasteiger partial charge in [-0.3, -0.25) is 4.79 Å². The molecule has 0 saturated heterocycles. The standard InChI is InChI=1S/C12H18ClN3O3S/c1-8(2)6-15-12(17)9(3)16-20(18,19)10-4-5-11(13)14-7-10/h4-5,7-9,16H,6H2,1-3H3,(H,15,17). The second kappa shape index (κ2) is 7.01. The Balaban J connectivity index is 2.70. The van der Waals surface area contributed by atoms with Crippen LogP contribution in [-0.4, -0.2) is 31.9 Å². The number of rotatable bonds is 6. The van der Waals surface area contributed by atoms with Crippen molar-refractivity contribution in [2.45, 2.75) is 31.7 Å². The molecular formula is C12H18ClN3O3S. The van der Waals surface area contributed by atoms with E-state index in [4.69, 9.17) is 11.6 Å². The number of carbonyl (C=O) groups is 1. The van der Waals surface area contributed by atoms with Gasteiger partial charge in [-0.15, -0.1) is 0 Å². The molecule has 1 heterocycles. The third kappa shape index (κ3) is 5.07. The summed E-state index contributed by atoms with van der Waals surface area (Å²) in [4.78, 5) is 15.4. The zero-order valence-electron chi connectivity index (χ0n) is 11.6. The van der Waals surface area contributed by atoms with Crippen LogP contribution in [0.1, 0.15) is 20.8 Å². The fourth-order valence-electron chi connectivity index (χ4n) is 1.33. The van der Waals surface area contributed by atoms with Crippen LogP contribution in [0.3, 0.4) is 0 Å². The second-order valence-corrected chi connectivity index (χ2v) is 6.90. The Labute approximate surface area is 124 Å². The van der Waals surface area contributed by atoms with Crippen LogP contribution in [0.4, 0.5) is 0 Å². The van der Waals surface area contributed by atoms with Gasteiger partial charge in [0.25, 0.3) is 0 Å². The summed E-state index contributed by atoms with van der Waals surface area (Å²) in [7, 11) is -3.79. The molecule has 0 fully saturated rings. The first-order chi connectivity index (χ1) is 9.22. The third-order valence-corrected chi connectivity index (χ3v) is 4.17. The molecule has 1 aromatic rings. The van der Waals surface area contributed by atoms with Crippen LogP contribution in [-0.2, 0) is 14.8 Å². The minimum absolute atomic E-state index is 0.0367. The summed E-state index contributed by atoms with van der Waals surface area (Å²) in [5.41, 5.74) is 0. The molecule has 0 aliphatic carbocycles. The van der Waals surface area contributed by atoms with Gasteiger partial charge >= 0.3 is 0 Å². The molecule has 1 unspecified atom stereocenters. The van der Waals surface area contributed by atoms with Gasteiger partial charge in [0, 0.05) is 12.7 Å². The first-order valence-electron chi connectivity index (χ1n) is 6.14. The highest BCUT2D eigenvalue weighted by atomic mass is 35.5. The van der Waals surface area contributed by atoms with Crippen molar-refractivity contribution in [3.05, 3.63) is 23.5 Å². The van der Waals surface area contributed by atoms with Gasteiger partial charge in [-0.05, 0) is 25.0 Å². The van der Waals surface area contributed by atoms with Crippen LogP contribution in [0.5, 0.6) is 0 Å². The van der Waals surface area contributed by atoms with E-state index in [1.807, 2.05) is 13.8 Å². The maximum absolute atomic E-state index is 12.0. The number of carbonyl (C=O) groups excluding carboxylic acids is 1. The fraction of sp³-hybridized carbons (Fsp3) is 0.500. The molecule has 1 amide bonds. The highest BCUT2D eigenvalue weighted by Gasteiger charge is 2.22. The van der Waals surface area contributed by atoms with Crippen LogP contribution in [0.2, 0.25) is 5.15 Å². The van der Waals surface area contributed by atoms with Crippen molar-refractivity contribution in [2.75, 3.05) is 6.54 Å². The number of hydrogen-bond donors (Lipinski definition) is 2. The monoisotopic (exact) mass is 319 g/mol. The van der Waals surface area contributed by atoms with E-state index in [0.717, 1.165) is 6.20 Å². The van der Waals surface area contributed by atoms with Crippen LogP contribution in [0, 0.1) is 5.92 Å². The Bertz CT molecular complexity index is 558. The highest BCUT2D eigenvalue weighted by Crippen LogP contribution is 2.11. The molecule has 20 heavy (non-hydrogen) atoms. The number of hydrogen-bond acceptors (Lipinski definition) is 4. The summed E-state index contributed by atoms with van der Waals surface area (Å²) >= 11 is 5.60. The molecular weight excluding hydrogens is 302 g/mol. The highest BCUT2D eigenvalue weighted by molar-refractivity contribution is 7.89. The lowest BCUT2D eigenvalue weighted by molar-refractivity contribution is -0.122. The molecule has 0 aliphatic rings. The van der Waals surface area contributed by atoms with E-state index in [2.05, 4.69) is 15.0 Å². The second-order valence-electron chi connectivity index (χ2n) is 4.80. The summed E-state index contributed by atoms with van der Waals surface area (Å²) in [5.74, 6) is -0.0765. The summed E-state index contributed by atoms with van der Waals surface area (Å²) in [5, 5.41) is 2.86. The van der Waals surface area contributed by atoms with Gasteiger partial charge in [0.1, 0.15) is 10.0 Å². The van der Waals surface area contributed by atoms with E-state index in [9.17, 15) is 13.2 Å². The number of aromatic nitrogens is 1. The first-order valence-corrected chi connectivity index (χ1v) is 8.00. The molecule has 0 radical (unpaired) electrons. The number of halogens is 1. The van der Waals surface area contributed by atoms with Gasteiger partial charge < -0.3 is 5.32 Å². The minimum atomic E-state index is -3.79. The third-order valence-electron chi connectivity index (χ3n) is 2.42. The Morgan fingerprint density at radius 1 is 1.35 bits per heavy atom. The van der Waals surface area contributed by atoms with Gasteiger partial charge in [-0.2, -0.15) is 4.72 Å². The van der Waals surface area contributed by atoms with Crippen LogP contribution in [0.15, 0.2) is 23.2 Å². The summed E-state index contributed by atoms with van der Waals surface area (Å²) in [6.07, 6.45) is 1.14. The Morgan fingerprint density at radius 3 is 2.50 bits per heavy atom. The van der Waals surface area contributed by atoms with Crippen molar-refractivity contribution >= 4 is 27.5 Å². The lowest BCUT2D eigenvalue weighted by Crippen LogP contribution is -2.45. The summed E-state index contributed by atoms with van der Waals surface area (Å²) in [6.45, 7) is 5.88. The van der Waals surface area contributed by atoms with Crippen molar-refractivity contribution in [3.63, 3.8) is 0 Å². The average molecular weight is 320 g/mol. The van der Waals surface area contributed by atoms with Gasteiger partial charge in [0.2, 0.25) is 15.9 Å². The number of nitrogens with one attached hydrogen (secondary N) is 2. The average Bonchev–Trinajstić information content (AvgIpc) is 2.35.